The van der Waals surface area contributed by atoms with Crippen molar-refractivity contribution in [2.45, 2.75) is 6.54 Å². The van der Waals surface area contributed by atoms with Crippen LogP contribution >= 0.6 is 11.6 Å². The molecule has 0 saturated heterocycles. The second-order valence-electron chi connectivity index (χ2n) is 4.45. The number of rotatable bonds is 5. The monoisotopic (exact) mass is 289 g/mol. The summed E-state index contributed by atoms with van der Waals surface area (Å²) in [5.74, 6) is 1.44. The van der Waals surface area contributed by atoms with Crippen molar-refractivity contribution in [3.63, 3.8) is 0 Å². The zero-order valence-corrected chi connectivity index (χ0v) is 12.0. The molecule has 0 fully saturated rings. The topological polar surface area (TPSA) is 29.5 Å². The number of amides is 1. The summed E-state index contributed by atoms with van der Waals surface area (Å²) in [7, 11) is 1.73. The molecule has 0 saturated carbocycles. The molecule has 0 aliphatic carbocycles. The molecule has 0 aliphatic heterocycles. The first-order valence-corrected chi connectivity index (χ1v) is 6.84. The molecule has 3 nitrogen and oxygen atoms in total. The third-order valence-electron chi connectivity index (χ3n) is 2.84. The number of ether oxygens (including phenoxy) is 1. The van der Waals surface area contributed by atoms with Gasteiger partial charge < -0.3 is 9.64 Å². The minimum atomic E-state index is -0.0963. The average Bonchev–Trinajstić information content (AvgIpc) is 2.47. The molecular weight excluding hydrogens is 274 g/mol. The Labute approximate surface area is 123 Å². The van der Waals surface area contributed by atoms with E-state index in [1.807, 2.05) is 54.6 Å². The maximum atomic E-state index is 11.5. The van der Waals surface area contributed by atoms with Crippen molar-refractivity contribution in [3.8, 4) is 11.5 Å². The van der Waals surface area contributed by atoms with Crippen LogP contribution in [0, 0.1) is 0 Å². The van der Waals surface area contributed by atoms with E-state index in [2.05, 4.69) is 0 Å². The SMILES string of the molecule is CN(Cc1cccc(Oc2ccccc2)c1)C(=O)CCl. The van der Waals surface area contributed by atoms with Gasteiger partial charge in [-0.15, -0.1) is 11.6 Å². The van der Waals surface area contributed by atoms with E-state index in [4.69, 9.17) is 16.3 Å². The number of benzene rings is 2. The lowest BCUT2D eigenvalue weighted by molar-refractivity contribution is -0.127. The van der Waals surface area contributed by atoms with E-state index in [9.17, 15) is 4.79 Å². The molecule has 20 heavy (non-hydrogen) atoms. The molecule has 2 aromatic rings. The number of hydrogen-bond acceptors (Lipinski definition) is 2. The lowest BCUT2D eigenvalue weighted by Crippen LogP contribution is -2.27. The Hall–Kier alpha value is -2.00. The lowest BCUT2D eigenvalue weighted by atomic mass is 10.2. The van der Waals surface area contributed by atoms with Crippen LogP contribution < -0.4 is 4.74 Å². The van der Waals surface area contributed by atoms with Crippen molar-refractivity contribution in [1.29, 1.82) is 0 Å². The highest BCUT2D eigenvalue weighted by Crippen LogP contribution is 2.22. The van der Waals surface area contributed by atoms with E-state index >= 15 is 0 Å². The number of nitrogens with zero attached hydrogens (tertiary/aromatic N) is 1. The van der Waals surface area contributed by atoms with Crippen LogP contribution in [-0.2, 0) is 11.3 Å². The van der Waals surface area contributed by atoms with Crippen LogP contribution in [0.15, 0.2) is 54.6 Å². The van der Waals surface area contributed by atoms with Crippen molar-refractivity contribution >= 4 is 17.5 Å². The predicted molar refractivity (Wildman–Crippen MR) is 80.2 cm³/mol. The van der Waals surface area contributed by atoms with Crippen molar-refractivity contribution in [1.82, 2.24) is 4.90 Å². The van der Waals surface area contributed by atoms with E-state index in [1.165, 1.54) is 0 Å². The van der Waals surface area contributed by atoms with Gasteiger partial charge in [0.1, 0.15) is 17.4 Å². The van der Waals surface area contributed by atoms with Crippen molar-refractivity contribution in [2.24, 2.45) is 0 Å². The third kappa shape index (κ3) is 4.00. The molecule has 0 aromatic heterocycles. The summed E-state index contributed by atoms with van der Waals surface area (Å²) < 4.78 is 5.76. The maximum absolute atomic E-state index is 11.5. The third-order valence-corrected chi connectivity index (χ3v) is 3.07. The highest BCUT2D eigenvalue weighted by molar-refractivity contribution is 6.27. The van der Waals surface area contributed by atoms with Gasteiger partial charge in [0, 0.05) is 13.6 Å². The molecule has 0 bridgehead atoms. The Morgan fingerprint density at radius 1 is 1.10 bits per heavy atom. The van der Waals surface area contributed by atoms with Gasteiger partial charge in [-0.2, -0.15) is 0 Å². The first-order valence-electron chi connectivity index (χ1n) is 6.31. The zero-order valence-electron chi connectivity index (χ0n) is 11.3. The van der Waals surface area contributed by atoms with Crippen LogP contribution in [0.1, 0.15) is 5.56 Å². The smallest absolute Gasteiger partial charge is 0.237 e. The second kappa shape index (κ2) is 6.96. The fourth-order valence-electron chi connectivity index (χ4n) is 1.80. The van der Waals surface area contributed by atoms with Crippen LogP contribution in [0.2, 0.25) is 0 Å². The van der Waals surface area contributed by atoms with Crippen LogP contribution in [0.3, 0.4) is 0 Å². The molecule has 0 heterocycles. The van der Waals surface area contributed by atoms with E-state index in [1.54, 1.807) is 11.9 Å². The van der Waals surface area contributed by atoms with Gasteiger partial charge in [-0.1, -0.05) is 30.3 Å². The summed E-state index contributed by atoms with van der Waals surface area (Å²) in [6.07, 6.45) is 0. The summed E-state index contributed by atoms with van der Waals surface area (Å²) in [6.45, 7) is 0.511. The predicted octanol–water partition coefficient (Wildman–Crippen LogP) is 3.68. The number of alkyl halides is 1. The van der Waals surface area contributed by atoms with Gasteiger partial charge in [0.05, 0.1) is 0 Å². The van der Waals surface area contributed by atoms with E-state index < -0.39 is 0 Å². The fourth-order valence-corrected chi connectivity index (χ4v) is 2.00. The molecule has 2 rings (SSSR count). The van der Waals surface area contributed by atoms with Gasteiger partial charge in [0.15, 0.2) is 0 Å². The Morgan fingerprint density at radius 3 is 2.50 bits per heavy atom. The molecule has 0 unspecified atom stereocenters. The fraction of sp³-hybridized carbons (Fsp3) is 0.188. The highest BCUT2D eigenvalue weighted by Gasteiger charge is 2.08. The van der Waals surface area contributed by atoms with Crippen LogP contribution in [-0.4, -0.2) is 23.7 Å². The first-order chi connectivity index (χ1) is 9.69. The number of para-hydroxylation sites is 1. The summed E-state index contributed by atoms with van der Waals surface area (Å²) in [5, 5.41) is 0. The summed E-state index contributed by atoms with van der Waals surface area (Å²) >= 11 is 5.54. The van der Waals surface area contributed by atoms with Crippen molar-refractivity contribution in [2.75, 3.05) is 12.9 Å². The average molecular weight is 290 g/mol. The summed E-state index contributed by atoms with van der Waals surface area (Å²) in [5.41, 5.74) is 0.999. The number of carbonyl (C=O) groups is 1. The van der Waals surface area contributed by atoms with E-state index in [0.717, 1.165) is 17.1 Å². The van der Waals surface area contributed by atoms with Crippen molar-refractivity contribution < 1.29 is 9.53 Å². The molecule has 104 valence electrons. The van der Waals surface area contributed by atoms with Crippen LogP contribution in [0.5, 0.6) is 11.5 Å². The van der Waals surface area contributed by atoms with Gasteiger partial charge in [-0.3, -0.25) is 4.79 Å². The van der Waals surface area contributed by atoms with Crippen LogP contribution in [0.25, 0.3) is 0 Å². The van der Waals surface area contributed by atoms with E-state index in [-0.39, 0.29) is 11.8 Å². The minimum absolute atomic E-state index is 0.00327. The second-order valence-corrected chi connectivity index (χ2v) is 4.71. The zero-order chi connectivity index (χ0) is 14.4. The molecule has 2 aromatic carbocycles. The first kappa shape index (κ1) is 14.4. The molecule has 0 aliphatic rings. The maximum Gasteiger partial charge on any atom is 0.237 e. The van der Waals surface area contributed by atoms with Crippen molar-refractivity contribution in [3.05, 3.63) is 60.2 Å². The highest BCUT2D eigenvalue weighted by atomic mass is 35.5. The Morgan fingerprint density at radius 2 is 1.80 bits per heavy atom. The molecular formula is C16H16ClNO2. The van der Waals surface area contributed by atoms with Gasteiger partial charge in [-0.05, 0) is 29.8 Å². The summed E-state index contributed by atoms with van der Waals surface area (Å²) in [6, 6.07) is 17.3. The quantitative estimate of drug-likeness (QED) is 0.786. The summed E-state index contributed by atoms with van der Waals surface area (Å²) in [4.78, 5) is 13.0. The number of halogens is 1. The molecule has 1 amide bonds. The van der Waals surface area contributed by atoms with E-state index in [0.29, 0.717) is 6.54 Å². The Kier molecular flexibility index (Phi) is 5.02. The van der Waals surface area contributed by atoms with Gasteiger partial charge in [-0.25, -0.2) is 0 Å². The molecule has 0 N–H and O–H groups in total. The number of carbonyl (C=O) groups excluding carboxylic acids is 1. The normalized spacial score (nSPS) is 10.1. The minimum Gasteiger partial charge on any atom is -0.457 e. The Bertz CT molecular complexity index is 572. The Balaban J connectivity index is 2.06. The van der Waals surface area contributed by atoms with Gasteiger partial charge in [0.25, 0.3) is 0 Å². The molecule has 4 heteroatoms. The van der Waals surface area contributed by atoms with Crippen LogP contribution in [0.4, 0.5) is 0 Å². The van der Waals surface area contributed by atoms with Gasteiger partial charge in [0.2, 0.25) is 5.91 Å². The molecule has 0 spiro atoms. The molecule has 0 atom stereocenters. The molecule has 0 radical (unpaired) electrons. The largest absolute Gasteiger partial charge is 0.457 e. The lowest BCUT2D eigenvalue weighted by Gasteiger charge is -2.16. The number of hydrogen-bond donors (Lipinski definition) is 0. The standard InChI is InChI=1S/C16H16ClNO2/c1-18(16(19)11-17)12-13-6-5-9-15(10-13)20-14-7-3-2-4-8-14/h2-10H,11-12H2,1H3. The van der Waals surface area contributed by atoms with Gasteiger partial charge >= 0.3 is 0 Å².